The molecule has 2 aromatic rings. The predicted molar refractivity (Wildman–Crippen MR) is 88.7 cm³/mol. The molecule has 1 saturated heterocycles. The Morgan fingerprint density at radius 1 is 1.32 bits per heavy atom. The second kappa shape index (κ2) is 7.57. The van der Waals surface area contributed by atoms with Crippen LogP contribution >= 0.6 is 0 Å². The molecule has 3 rings (SSSR count). The normalized spacial score (nSPS) is 17.4. The highest BCUT2D eigenvalue weighted by Crippen LogP contribution is 2.21. The van der Waals surface area contributed by atoms with E-state index in [0.717, 1.165) is 11.4 Å². The lowest BCUT2D eigenvalue weighted by molar-refractivity contribution is -0.141. The number of halogens is 1. The molecule has 7 heteroatoms. The lowest BCUT2D eigenvalue weighted by atomic mass is 10.2. The fourth-order valence-corrected chi connectivity index (χ4v) is 2.72. The third-order valence-electron chi connectivity index (χ3n) is 3.89. The zero-order chi connectivity index (χ0) is 17.8. The molecule has 0 bridgehead atoms. The number of carbonyl (C=O) groups is 1. The van der Waals surface area contributed by atoms with Gasteiger partial charge in [0, 0.05) is 17.9 Å². The van der Waals surface area contributed by atoms with Gasteiger partial charge in [0.1, 0.15) is 6.10 Å². The first-order chi connectivity index (χ1) is 12.0. The van der Waals surface area contributed by atoms with Crippen LogP contribution in [0.3, 0.4) is 0 Å². The monoisotopic (exact) mass is 345 g/mol. The largest absolute Gasteiger partial charge is 0.481 e. The Morgan fingerprint density at radius 2 is 2.04 bits per heavy atom. The topological polar surface area (TPSA) is 64.6 Å². The van der Waals surface area contributed by atoms with Gasteiger partial charge < -0.3 is 14.4 Å². The number of aryl methyl sites for hydroxylation is 2. The maximum Gasteiger partial charge on any atom is 0.260 e. The van der Waals surface area contributed by atoms with Crippen molar-refractivity contribution in [2.45, 2.75) is 20.0 Å². The molecular formula is C18H20FN3O3. The molecule has 1 atom stereocenters. The van der Waals surface area contributed by atoms with Crippen LogP contribution in [0.1, 0.15) is 23.3 Å². The van der Waals surface area contributed by atoms with E-state index in [2.05, 4.69) is 9.97 Å². The Hall–Kier alpha value is -2.54. The zero-order valence-electron chi connectivity index (χ0n) is 14.2. The summed E-state index contributed by atoms with van der Waals surface area (Å²) in [5, 5.41) is 0. The minimum absolute atomic E-state index is 0.0679. The summed E-state index contributed by atoms with van der Waals surface area (Å²) in [4.78, 5) is 22.8. The SMILES string of the molecule is Cc1cc(C)nc([C@H]2CN(C(=O)COc3ccccc3F)CCO2)n1. The fraction of sp³-hybridized carbons (Fsp3) is 0.389. The van der Waals surface area contributed by atoms with E-state index in [9.17, 15) is 9.18 Å². The van der Waals surface area contributed by atoms with E-state index in [0.29, 0.717) is 25.5 Å². The van der Waals surface area contributed by atoms with E-state index >= 15 is 0 Å². The molecule has 0 unspecified atom stereocenters. The highest BCUT2D eigenvalue weighted by Gasteiger charge is 2.27. The van der Waals surface area contributed by atoms with Crippen molar-refractivity contribution in [3.05, 3.63) is 53.4 Å². The molecule has 0 N–H and O–H groups in total. The van der Waals surface area contributed by atoms with Crippen molar-refractivity contribution < 1.29 is 18.7 Å². The first-order valence-corrected chi connectivity index (χ1v) is 8.12. The third-order valence-corrected chi connectivity index (χ3v) is 3.89. The molecule has 1 fully saturated rings. The molecular weight excluding hydrogens is 325 g/mol. The number of nitrogens with zero attached hydrogens (tertiary/aromatic N) is 3. The number of amides is 1. The van der Waals surface area contributed by atoms with Crippen LogP contribution in [0.5, 0.6) is 5.75 Å². The van der Waals surface area contributed by atoms with Crippen LogP contribution in [-0.4, -0.2) is 47.1 Å². The number of rotatable bonds is 4. The summed E-state index contributed by atoms with van der Waals surface area (Å²) in [6.45, 7) is 4.77. The summed E-state index contributed by atoms with van der Waals surface area (Å²) >= 11 is 0. The maximum absolute atomic E-state index is 13.6. The van der Waals surface area contributed by atoms with Gasteiger partial charge >= 0.3 is 0 Å². The molecule has 1 aromatic carbocycles. The summed E-state index contributed by atoms with van der Waals surface area (Å²) in [5.74, 6) is -0.0666. The van der Waals surface area contributed by atoms with Crippen LogP contribution in [0.15, 0.2) is 30.3 Å². The summed E-state index contributed by atoms with van der Waals surface area (Å²) < 4.78 is 24.6. The van der Waals surface area contributed by atoms with Crippen molar-refractivity contribution in [2.24, 2.45) is 0 Å². The predicted octanol–water partition coefficient (Wildman–Crippen LogP) is 2.21. The van der Waals surface area contributed by atoms with Gasteiger partial charge in [-0.2, -0.15) is 0 Å². The molecule has 25 heavy (non-hydrogen) atoms. The summed E-state index contributed by atoms with van der Waals surface area (Å²) in [6, 6.07) is 7.90. The van der Waals surface area contributed by atoms with Crippen molar-refractivity contribution >= 4 is 5.91 Å². The van der Waals surface area contributed by atoms with E-state index in [1.807, 2.05) is 19.9 Å². The molecule has 1 aromatic heterocycles. The Bertz CT molecular complexity index is 749. The average Bonchev–Trinajstić information content (AvgIpc) is 2.60. The van der Waals surface area contributed by atoms with Gasteiger partial charge in [-0.3, -0.25) is 4.79 Å². The Balaban J connectivity index is 1.62. The van der Waals surface area contributed by atoms with Crippen molar-refractivity contribution in [1.29, 1.82) is 0 Å². The number of hydrogen-bond donors (Lipinski definition) is 0. The average molecular weight is 345 g/mol. The number of morpholine rings is 1. The highest BCUT2D eigenvalue weighted by molar-refractivity contribution is 5.77. The second-order valence-electron chi connectivity index (χ2n) is 5.93. The van der Waals surface area contributed by atoms with Crippen LogP contribution in [0.4, 0.5) is 4.39 Å². The summed E-state index contributed by atoms with van der Waals surface area (Å²) in [5.41, 5.74) is 1.72. The quantitative estimate of drug-likeness (QED) is 0.850. The lowest BCUT2D eigenvalue weighted by Gasteiger charge is -2.32. The minimum atomic E-state index is -0.487. The van der Waals surface area contributed by atoms with Crippen molar-refractivity contribution in [3.63, 3.8) is 0 Å². The molecule has 1 amide bonds. The molecule has 1 aliphatic rings. The maximum atomic E-state index is 13.6. The minimum Gasteiger partial charge on any atom is -0.481 e. The van der Waals surface area contributed by atoms with Gasteiger partial charge in [-0.1, -0.05) is 12.1 Å². The number of ether oxygens (including phenoxy) is 2. The highest BCUT2D eigenvalue weighted by atomic mass is 19.1. The molecule has 0 saturated carbocycles. The molecule has 6 nitrogen and oxygen atoms in total. The van der Waals surface area contributed by atoms with Crippen molar-refractivity contribution in [3.8, 4) is 5.75 Å². The molecule has 2 heterocycles. The van der Waals surface area contributed by atoms with Crippen LogP contribution < -0.4 is 4.74 Å². The molecule has 132 valence electrons. The smallest absolute Gasteiger partial charge is 0.260 e. The van der Waals surface area contributed by atoms with E-state index < -0.39 is 5.82 Å². The van der Waals surface area contributed by atoms with Gasteiger partial charge in [-0.25, -0.2) is 14.4 Å². The Labute approximate surface area is 145 Å². The number of carbonyl (C=O) groups excluding carboxylic acids is 1. The van der Waals surface area contributed by atoms with Crippen molar-refractivity contribution in [1.82, 2.24) is 14.9 Å². The fourth-order valence-electron chi connectivity index (χ4n) is 2.72. The van der Waals surface area contributed by atoms with Crippen LogP contribution in [0.2, 0.25) is 0 Å². The lowest BCUT2D eigenvalue weighted by Crippen LogP contribution is -2.44. The van der Waals surface area contributed by atoms with E-state index in [1.54, 1.807) is 17.0 Å². The standard InChI is InChI=1S/C18H20FN3O3/c1-12-9-13(2)21-18(20-12)16-10-22(7-8-24-16)17(23)11-25-15-6-4-3-5-14(15)19/h3-6,9,16H,7-8,10-11H2,1-2H3/t16-/m1/s1. The number of aromatic nitrogens is 2. The number of para-hydroxylation sites is 1. The van der Waals surface area contributed by atoms with Gasteiger partial charge in [0.05, 0.1) is 13.2 Å². The van der Waals surface area contributed by atoms with Gasteiger partial charge in [0.15, 0.2) is 24.0 Å². The molecule has 0 spiro atoms. The van der Waals surface area contributed by atoms with Crippen LogP contribution in [0, 0.1) is 19.7 Å². The summed E-state index contributed by atoms with van der Waals surface area (Å²) in [6.07, 6.45) is -0.371. The van der Waals surface area contributed by atoms with Crippen molar-refractivity contribution in [2.75, 3.05) is 26.3 Å². The van der Waals surface area contributed by atoms with Crippen LogP contribution in [-0.2, 0) is 9.53 Å². The molecule has 1 aliphatic heterocycles. The number of hydrogen-bond acceptors (Lipinski definition) is 5. The Kier molecular flexibility index (Phi) is 5.23. The van der Waals surface area contributed by atoms with E-state index in [4.69, 9.17) is 9.47 Å². The first-order valence-electron chi connectivity index (χ1n) is 8.12. The third kappa shape index (κ3) is 4.30. The molecule has 0 radical (unpaired) electrons. The Morgan fingerprint density at radius 3 is 2.76 bits per heavy atom. The van der Waals surface area contributed by atoms with Gasteiger partial charge in [0.2, 0.25) is 0 Å². The van der Waals surface area contributed by atoms with E-state index in [-0.39, 0.29) is 24.4 Å². The molecule has 0 aliphatic carbocycles. The number of benzene rings is 1. The zero-order valence-corrected chi connectivity index (χ0v) is 14.2. The summed E-state index contributed by atoms with van der Waals surface area (Å²) in [7, 11) is 0. The van der Waals surface area contributed by atoms with E-state index in [1.165, 1.54) is 12.1 Å². The van der Waals surface area contributed by atoms with Gasteiger partial charge in [0.25, 0.3) is 5.91 Å². The van der Waals surface area contributed by atoms with Gasteiger partial charge in [-0.05, 0) is 32.0 Å². The van der Waals surface area contributed by atoms with Crippen LogP contribution in [0.25, 0.3) is 0 Å². The van der Waals surface area contributed by atoms with Gasteiger partial charge in [-0.15, -0.1) is 0 Å². The second-order valence-corrected chi connectivity index (χ2v) is 5.93. The first kappa shape index (κ1) is 17.3.